The van der Waals surface area contributed by atoms with Crippen LogP contribution in [0.4, 0.5) is 0 Å². The van der Waals surface area contributed by atoms with E-state index < -0.39 is 17.8 Å². The molecule has 3 heterocycles. The summed E-state index contributed by atoms with van der Waals surface area (Å²) < 4.78 is 15.3. The largest absolute Gasteiger partial charge is 0.390 e. The van der Waals surface area contributed by atoms with Gasteiger partial charge in [-0.15, -0.1) is 0 Å². The Kier molecular flexibility index (Phi) is 6.11. The molecule has 0 saturated carbocycles. The number of aliphatic hydroxyl groups is 1. The highest BCUT2D eigenvalue weighted by molar-refractivity contribution is 5.75. The molecule has 1 N–H and O–H groups in total. The lowest BCUT2D eigenvalue weighted by atomic mass is 9.80. The summed E-state index contributed by atoms with van der Waals surface area (Å²) in [5.41, 5.74) is 3.06. The summed E-state index contributed by atoms with van der Waals surface area (Å²) in [5, 5.41) is 12.0. The molecule has 180 valence electrons. The van der Waals surface area contributed by atoms with Gasteiger partial charge in [0.05, 0.1) is 12.7 Å². The van der Waals surface area contributed by atoms with Gasteiger partial charge in [0, 0.05) is 24.2 Å². The van der Waals surface area contributed by atoms with E-state index in [1.165, 1.54) is 0 Å². The van der Waals surface area contributed by atoms with Crippen LogP contribution in [0.25, 0.3) is 11.0 Å². The van der Waals surface area contributed by atoms with Crippen molar-refractivity contribution in [3.05, 3.63) is 138 Å². The highest BCUT2D eigenvalue weighted by Gasteiger charge is 2.41. The van der Waals surface area contributed by atoms with Gasteiger partial charge in [0.2, 0.25) is 0 Å². The molecule has 1 aliphatic rings. The van der Waals surface area contributed by atoms with Gasteiger partial charge < -0.3 is 19.1 Å². The molecule has 1 saturated heterocycles. The van der Waals surface area contributed by atoms with Crippen molar-refractivity contribution < 1.29 is 14.6 Å². The first-order valence-corrected chi connectivity index (χ1v) is 12.3. The fourth-order valence-corrected chi connectivity index (χ4v) is 5.23. The van der Waals surface area contributed by atoms with Crippen LogP contribution in [0.15, 0.2) is 122 Å². The Bertz CT molecular complexity index is 1320. The molecule has 5 nitrogen and oxygen atoms in total. The van der Waals surface area contributed by atoms with E-state index in [0.29, 0.717) is 6.42 Å². The summed E-state index contributed by atoms with van der Waals surface area (Å²) in [6.45, 7) is 0.225. The molecule has 0 spiro atoms. The van der Waals surface area contributed by atoms with Crippen LogP contribution < -0.4 is 0 Å². The number of ether oxygens (including phenoxy) is 2. The Morgan fingerprint density at radius 2 is 1.39 bits per heavy atom. The number of aromatic nitrogens is 2. The molecule has 3 atom stereocenters. The van der Waals surface area contributed by atoms with Crippen LogP contribution in [0.5, 0.6) is 0 Å². The van der Waals surface area contributed by atoms with Crippen molar-refractivity contribution in [3.63, 3.8) is 0 Å². The quantitative estimate of drug-likeness (QED) is 0.307. The molecule has 5 heteroatoms. The minimum Gasteiger partial charge on any atom is -0.390 e. The fourth-order valence-electron chi connectivity index (χ4n) is 5.23. The van der Waals surface area contributed by atoms with E-state index in [0.717, 1.165) is 27.7 Å². The minimum absolute atomic E-state index is 0.225. The van der Waals surface area contributed by atoms with Crippen molar-refractivity contribution in [3.8, 4) is 0 Å². The number of hydrogen-bond donors (Lipinski definition) is 1. The third-order valence-corrected chi connectivity index (χ3v) is 7.00. The van der Waals surface area contributed by atoms with Gasteiger partial charge in [0.25, 0.3) is 0 Å². The average molecular weight is 477 g/mol. The van der Waals surface area contributed by atoms with Crippen molar-refractivity contribution in [2.24, 2.45) is 0 Å². The van der Waals surface area contributed by atoms with E-state index in [4.69, 9.17) is 9.47 Å². The molecule has 36 heavy (non-hydrogen) atoms. The summed E-state index contributed by atoms with van der Waals surface area (Å²) in [6, 6.07) is 36.7. The highest BCUT2D eigenvalue weighted by Crippen LogP contribution is 2.41. The lowest BCUT2D eigenvalue weighted by Gasteiger charge is -2.37. The molecule has 0 radical (unpaired) electrons. The van der Waals surface area contributed by atoms with E-state index in [1.54, 1.807) is 6.20 Å². The molecule has 2 aromatic heterocycles. The fraction of sp³-hybridized carbons (Fsp3) is 0.194. The van der Waals surface area contributed by atoms with Crippen molar-refractivity contribution in [1.29, 1.82) is 0 Å². The SMILES string of the molecule is O[C@H]1C[C@H](n2ccc3cccnc32)O[C@@H]1COC(c1ccccc1)(c1ccccc1)c1ccccc1. The second kappa shape index (κ2) is 9.70. The first kappa shape index (κ1) is 22.7. The predicted octanol–water partition coefficient (Wildman–Crippen LogP) is 5.69. The number of hydrogen-bond acceptors (Lipinski definition) is 4. The zero-order valence-corrected chi connectivity index (χ0v) is 19.9. The number of aliphatic hydroxyl groups excluding tert-OH is 1. The molecule has 0 amide bonds. The van der Waals surface area contributed by atoms with E-state index in [2.05, 4.69) is 41.4 Å². The van der Waals surface area contributed by atoms with E-state index in [1.807, 2.05) is 83.6 Å². The maximum Gasteiger partial charge on any atom is 0.143 e. The van der Waals surface area contributed by atoms with Crippen molar-refractivity contribution in [2.45, 2.75) is 30.5 Å². The van der Waals surface area contributed by atoms with Crippen molar-refractivity contribution in [2.75, 3.05) is 6.61 Å². The predicted molar refractivity (Wildman–Crippen MR) is 139 cm³/mol. The number of benzene rings is 3. The van der Waals surface area contributed by atoms with Crippen LogP contribution in [0.1, 0.15) is 29.3 Å². The van der Waals surface area contributed by atoms with Crippen molar-refractivity contribution >= 4 is 11.0 Å². The summed E-state index contributed by atoms with van der Waals surface area (Å²) >= 11 is 0. The van der Waals surface area contributed by atoms with Crippen LogP contribution in [0.2, 0.25) is 0 Å². The molecule has 1 fully saturated rings. The molecular formula is C31H28N2O3. The molecule has 3 aromatic carbocycles. The number of pyridine rings is 1. The van der Waals surface area contributed by atoms with Gasteiger partial charge in [-0.2, -0.15) is 0 Å². The molecule has 6 rings (SSSR count). The third-order valence-electron chi connectivity index (χ3n) is 7.00. The second-order valence-corrected chi connectivity index (χ2v) is 9.16. The summed E-state index contributed by atoms with van der Waals surface area (Å²) in [7, 11) is 0. The second-order valence-electron chi connectivity index (χ2n) is 9.16. The standard InChI is InChI=1S/C31H28N2O3/c34-27-21-29(33-20-18-23-11-10-19-32-30(23)33)36-28(27)22-35-31(24-12-4-1-5-13-24,25-14-6-2-7-15-25)26-16-8-3-9-17-26/h1-20,27-29,34H,21-22H2/t27-,28+,29+/m0/s1. The lowest BCUT2D eigenvalue weighted by molar-refractivity contribution is -0.0930. The zero-order valence-electron chi connectivity index (χ0n) is 19.9. The van der Waals surface area contributed by atoms with Gasteiger partial charge in [-0.25, -0.2) is 4.98 Å². The van der Waals surface area contributed by atoms with Crippen LogP contribution in [-0.2, 0) is 15.1 Å². The van der Waals surface area contributed by atoms with E-state index >= 15 is 0 Å². The Balaban J connectivity index is 1.34. The zero-order chi connectivity index (χ0) is 24.4. The third kappa shape index (κ3) is 4.01. The molecular weight excluding hydrogens is 448 g/mol. The minimum atomic E-state index is -0.855. The summed E-state index contributed by atoms with van der Waals surface area (Å²) in [4.78, 5) is 4.51. The van der Waals surface area contributed by atoms with Gasteiger partial charge >= 0.3 is 0 Å². The van der Waals surface area contributed by atoms with E-state index in [-0.39, 0.29) is 12.8 Å². The molecule has 0 bridgehead atoms. The summed E-state index contributed by atoms with van der Waals surface area (Å²) in [5.74, 6) is 0. The molecule has 0 aliphatic carbocycles. The van der Waals surface area contributed by atoms with Crippen LogP contribution in [-0.4, -0.2) is 33.5 Å². The highest BCUT2D eigenvalue weighted by atomic mass is 16.6. The van der Waals surface area contributed by atoms with Crippen LogP contribution in [0, 0.1) is 0 Å². The molecule has 1 aliphatic heterocycles. The Morgan fingerprint density at radius 1 is 0.806 bits per heavy atom. The maximum atomic E-state index is 11.0. The van der Waals surface area contributed by atoms with Gasteiger partial charge in [-0.05, 0) is 34.9 Å². The van der Waals surface area contributed by atoms with Gasteiger partial charge in [-0.3, -0.25) is 0 Å². The monoisotopic (exact) mass is 476 g/mol. The Labute approximate surface area is 210 Å². The topological polar surface area (TPSA) is 56.5 Å². The van der Waals surface area contributed by atoms with Crippen LogP contribution >= 0.6 is 0 Å². The molecule has 5 aromatic rings. The van der Waals surface area contributed by atoms with Gasteiger partial charge in [0.15, 0.2) is 0 Å². The average Bonchev–Trinajstić information content (AvgIpc) is 3.54. The number of rotatable bonds is 7. The molecule has 0 unspecified atom stereocenters. The number of nitrogens with zero attached hydrogens (tertiary/aromatic N) is 2. The van der Waals surface area contributed by atoms with Crippen molar-refractivity contribution in [1.82, 2.24) is 9.55 Å². The Morgan fingerprint density at radius 3 is 1.97 bits per heavy atom. The smallest absolute Gasteiger partial charge is 0.143 e. The normalized spacial score (nSPS) is 20.1. The maximum absolute atomic E-state index is 11.0. The van der Waals surface area contributed by atoms with Crippen LogP contribution in [0.3, 0.4) is 0 Å². The first-order valence-electron chi connectivity index (χ1n) is 12.3. The first-order chi connectivity index (χ1) is 17.8. The Hall–Kier alpha value is -3.77. The van der Waals surface area contributed by atoms with Gasteiger partial charge in [0.1, 0.15) is 23.6 Å². The van der Waals surface area contributed by atoms with E-state index in [9.17, 15) is 5.11 Å². The van der Waals surface area contributed by atoms with Gasteiger partial charge in [-0.1, -0.05) is 91.0 Å². The lowest BCUT2D eigenvalue weighted by Crippen LogP contribution is -2.38. The number of fused-ring (bicyclic) bond motifs is 1. The summed E-state index contributed by atoms with van der Waals surface area (Å²) in [6.07, 6.45) is 2.78.